The van der Waals surface area contributed by atoms with Crippen LogP contribution in [0.25, 0.3) is 33.1 Å². The first-order valence-electron chi connectivity index (χ1n) is 15.1. The molecule has 0 aliphatic carbocycles. The maximum Gasteiger partial charge on any atom is 0.140 e. The van der Waals surface area contributed by atoms with Crippen LogP contribution in [0.5, 0.6) is 0 Å². The maximum atomic E-state index is 9.48. The SMILES string of the molecule is N#Cc1cccc(C(N=Cc2ccc(Nc3cc4c(cc3-c3ccccc3)oc3ccccc34)cc2)N(N)Cc2ccccc2)c1. The van der Waals surface area contributed by atoms with Gasteiger partial charge in [0.25, 0.3) is 0 Å². The van der Waals surface area contributed by atoms with Gasteiger partial charge in [-0.2, -0.15) is 5.26 Å². The Labute approximate surface area is 267 Å². The Morgan fingerprint density at radius 3 is 2.28 bits per heavy atom. The second-order valence-corrected chi connectivity index (χ2v) is 11.2. The minimum atomic E-state index is -0.476. The molecule has 0 saturated heterocycles. The highest BCUT2D eigenvalue weighted by molar-refractivity contribution is 6.08. The number of furan rings is 1. The Hall–Kier alpha value is -6.00. The summed E-state index contributed by atoms with van der Waals surface area (Å²) in [6, 6.07) is 50.6. The molecule has 1 heterocycles. The third-order valence-electron chi connectivity index (χ3n) is 7.99. The van der Waals surface area contributed by atoms with Crippen molar-refractivity contribution in [1.82, 2.24) is 5.01 Å². The molecule has 0 aliphatic heterocycles. The number of hydrogen-bond donors (Lipinski definition) is 2. The predicted octanol–water partition coefficient (Wildman–Crippen LogP) is 9.36. The predicted molar refractivity (Wildman–Crippen MR) is 187 cm³/mol. The number of benzene rings is 6. The van der Waals surface area contributed by atoms with E-state index in [-0.39, 0.29) is 0 Å². The summed E-state index contributed by atoms with van der Waals surface area (Å²) in [6.45, 7) is 0.503. The fraction of sp³-hybridized carbons (Fsp3) is 0.0500. The number of nitrogens with one attached hydrogen (secondary N) is 1. The first kappa shape index (κ1) is 28.8. The highest BCUT2D eigenvalue weighted by Gasteiger charge is 2.18. The molecule has 3 N–H and O–H groups in total. The Morgan fingerprint density at radius 1 is 0.761 bits per heavy atom. The lowest BCUT2D eigenvalue weighted by Gasteiger charge is -2.25. The maximum absolute atomic E-state index is 9.48. The van der Waals surface area contributed by atoms with Crippen LogP contribution in [0.2, 0.25) is 0 Å². The number of anilines is 2. The molecule has 0 radical (unpaired) electrons. The monoisotopic (exact) mass is 597 g/mol. The van der Waals surface area contributed by atoms with Gasteiger partial charge in [-0.05, 0) is 64.7 Å². The van der Waals surface area contributed by atoms with Crippen molar-refractivity contribution in [3.8, 4) is 17.2 Å². The third-order valence-corrected chi connectivity index (χ3v) is 7.99. The van der Waals surface area contributed by atoms with Crippen LogP contribution in [-0.2, 0) is 6.54 Å². The molecular weight excluding hydrogens is 566 g/mol. The smallest absolute Gasteiger partial charge is 0.140 e. The lowest BCUT2D eigenvalue weighted by atomic mass is 10.0. The van der Waals surface area contributed by atoms with E-state index >= 15 is 0 Å². The van der Waals surface area contributed by atoms with Crippen LogP contribution < -0.4 is 11.2 Å². The largest absolute Gasteiger partial charge is 0.456 e. The number of fused-ring (bicyclic) bond motifs is 3. The van der Waals surface area contributed by atoms with Gasteiger partial charge in [0.05, 0.1) is 11.6 Å². The lowest BCUT2D eigenvalue weighted by molar-refractivity contribution is 0.199. The average Bonchev–Trinajstić information content (AvgIpc) is 3.47. The van der Waals surface area contributed by atoms with Crippen LogP contribution in [0.4, 0.5) is 11.4 Å². The molecule has 7 rings (SSSR count). The quantitative estimate of drug-likeness (QED) is 0.0983. The van der Waals surface area contributed by atoms with Crippen LogP contribution in [-0.4, -0.2) is 11.2 Å². The molecule has 222 valence electrons. The zero-order valence-corrected chi connectivity index (χ0v) is 25.0. The summed E-state index contributed by atoms with van der Waals surface area (Å²) < 4.78 is 6.21. The van der Waals surface area contributed by atoms with Gasteiger partial charge in [0.15, 0.2) is 0 Å². The third kappa shape index (κ3) is 6.15. The van der Waals surface area contributed by atoms with Crippen LogP contribution in [0.3, 0.4) is 0 Å². The van der Waals surface area contributed by atoms with Crippen LogP contribution in [0.15, 0.2) is 155 Å². The van der Waals surface area contributed by atoms with E-state index in [0.717, 1.165) is 61.1 Å². The number of rotatable bonds is 9. The molecule has 7 aromatic rings. The second kappa shape index (κ2) is 12.9. The van der Waals surface area contributed by atoms with Crippen molar-refractivity contribution in [3.63, 3.8) is 0 Å². The van der Waals surface area contributed by atoms with Gasteiger partial charge < -0.3 is 9.73 Å². The topological polar surface area (TPSA) is 90.6 Å². The van der Waals surface area contributed by atoms with Crippen molar-refractivity contribution in [2.45, 2.75) is 12.7 Å². The van der Waals surface area contributed by atoms with Gasteiger partial charge >= 0.3 is 0 Å². The highest BCUT2D eigenvalue weighted by atomic mass is 16.3. The minimum Gasteiger partial charge on any atom is -0.456 e. The van der Waals surface area contributed by atoms with Crippen molar-refractivity contribution in [1.29, 1.82) is 5.26 Å². The molecule has 1 atom stereocenters. The molecule has 0 amide bonds. The van der Waals surface area contributed by atoms with Gasteiger partial charge in [-0.25, -0.2) is 5.01 Å². The van der Waals surface area contributed by atoms with E-state index in [4.69, 9.17) is 15.3 Å². The van der Waals surface area contributed by atoms with Crippen molar-refractivity contribution in [3.05, 3.63) is 168 Å². The molecule has 6 aromatic carbocycles. The first-order chi connectivity index (χ1) is 22.6. The normalized spacial score (nSPS) is 12.1. The Bertz CT molecular complexity index is 2180. The van der Waals surface area contributed by atoms with E-state index in [2.05, 4.69) is 41.7 Å². The van der Waals surface area contributed by atoms with E-state index in [1.807, 2.05) is 115 Å². The molecule has 6 nitrogen and oxygen atoms in total. The Morgan fingerprint density at radius 2 is 1.50 bits per heavy atom. The van der Waals surface area contributed by atoms with Crippen LogP contribution in [0.1, 0.15) is 28.4 Å². The van der Waals surface area contributed by atoms with Gasteiger partial charge in [-0.15, -0.1) is 0 Å². The molecule has 0 spiro atoms. The minimum absolute atomic E-state index is 0.476. The van der Waals surface area contributed by atoms with Gasteiger partial charge in [-0.3, -0.25) is 10.8 Å². The molecule has 6 heteroatoms. The van der Waals surface area contributed by atoms with E-state index in [1.165, 1.54) is 0 Å². The zero-order valence-electron chi connectivity index (χ0n) is 25.0. The molecule has 0 saturated carbocycles. The van der Waals surface area contributed by atoms with Crippen molar-refractivity contribution >= 4 is 39.5 Å². The standard InChI is InChI=1S/C40H31N5O/c41-25-30-12-9-15-32(22-30)40(45(42)27-29-10-3-1-4-11-29)43-26-28-18-20-33(21-19-28)44-37-23-36-34-16-7-8-17-38(34)46-39(36)24-35(37)31-13-5-2-6-14-31/h1-24,26,40,44H,27,42H2. The van der Waals surface area contributed by atoms with Gasteiger partial charge in [0.2, 0.25) is 0 Å². The number of para-hydroxylation sites is 1. The Balaban J connectivity index is 1.18. The zero-order chi connectivity index (χ0) is 31.3. The number of nitriles is 1. The summed E-state index contributed by atoms with van der Waals surface area (Å²) in [6.07, 6.45) is 1.36. The molecule has 0 fully saturated rings. The summed E-state index contributed by atoms with van der Waals surface area (Å²) in [5, 5.41) is 17.0. The summed E-state index contributed by atoms with van der Waals surface area (Å²) in [5.74, 6) is 6.60. The summed E-state index contributed by atoms with van der Waals surface area (Å²) in [4.78, 5) is 4.90. The van der Waals surface area contributed by atoms with E-state index in [0.29, 0.717) is 12.1 Å². The van der Waals surface area contributed by atoms with E-state index in [1.54, 1.807) is 11.1 Å². The summed E-state index contributed by atoms with van der Waals surface area (Å²) >= 11 is 0. The van der Waals surface area contributed by atoms with E-state index in [9.17, 15) is 5.26 Å². The summed E-state index contributed by atoms with van der Waals surface area (Å²) in [7, 11) is 0. The fourth-order valence-electron chi connectivity index (χ4n) is 5.71. The second-order valence-electron chi connectivity index (χ2n) is 11.2. The molecule has 0 bridgehead atoms. The molecule has 46 heavy (non-hydrogen) atoms. The average molecular weight is 598 g/mol. The first-order valence-corrected chi connectivity index (χ1v) is 15.1. The number of hydrazine groups is 1. The molecule has 1 aromatic heterocycles. The number of aliphatic imine (C=N–C) groups is 1. The number of hydrogen-bond acceptors (Lipinski definition) is 6. The molecule has 0 aliphatic rings. The van der Waals surface area contributed by atoms with Gasteiger partial charge in [0, 0.05) is 40.5 Å². The Kier molecular flexibility index (Phi) is 8.08. The summed E-state index contributed by atoms with van der Waals surface area (Å²) in [5.41, 5.74) is 9.25. The van der Waals surface area contributed by atoms with Gasteiger partial charge in [-0.1, -0.05) is 103 Å². The lowest BCUT2D eigenvalue weighted by Crippen LogP contribution is -2.34. The van der Waals surface area contributed by atoms with Crippen molar-refractivity contribution in [2.24, 2.45) is 10.8 Å². The van der Waals surface area contributed by atoms with Crippen LogP contribution >= 0.6 is 0 Å². The number of nitrogens with two attached hydrogens (primary N) is 1. The fourth-order valence-corrected chi connectivity index (χ4v) is 5.71. The van der Waals surface area contributed by atoms with Gasteiger partial charge in [0.1, 0.15) is 17.3 Å². The highest BCUT2D eigenvalue weighted by Crippen LogP contribution is 2.38. The van der Waals surface area contributed by atoms with Crippen LogP contribution in [0, 0.1) is 11.3 Å². The van der Waals surface area contributed by atoms with Crippen molar-refractivity contribution in [2.75, 3.05) is 5.32 Å². The van der Waals surface area contributed by atoms with Crippen molar-refractivity contribution < 1.29 is 4.42 Å². The molecule has 1 unspecified atom stereocenters. The number of nitrogens with zero attached hydrogens (tertiary/aromatic N) is 3. The van der Waals surface area contributed by atoms with E-state index < -0.39 is 6.17 Å². The molecular formula is C40H31N5O.